The first-order chi connectivity index (χ1) is 13.7. The van der Waals surface area contributed by atoms with Gasteiger partial charge in [0, 0.05) is 36.4 Å². The number of fused-ring (bicyclic) bond motifs is 1. The summed E-state index contributed by atoms with van der Waals surface area (Å²) in [4.78, 5) is 4.44. The van der Waals surface area contributed by atoms with Crippen LogP contribution in [0.25, 0.3) is 0 Å². The van der Waals surface area contributed by atoms with Crippen molar-refractivity contribution in [2.24, 2.45) is 4.99 Å². The van der Waals surface area contributed by atoms with Crippen molar-refractivity contribution < 1.29 is 0 Å². The molecular weight excluding hydrogens is 543 g/mol. The summed E-state index contributed by atoms with van der Waals surface area (Å²) in [7, 11) is 1.83. The Balaban J connectivity index is 0.00000240. The number of hydrogen-bond donors (Lipinski definition) is 2. The van der Waals surface area contributed by atoms with E-state index in [1.54, 1.807) is 0 Å². The Morgan fingerprint density at radius 3 is 2.76 bits per heavy atom. The molecule has 2 heterocycles. The van der Waals surface area contributed by atoms with Gasteiger partial charge < -0.3 is 15.2 Å². The third-order valence-corrected chi connectivity index (χ3v) is 6.66. The maximum Gasteiger partial charge on any atom is 0.191 e. The summed E-state index contributed by atoms with van der Waals surface area (Å²) >= 11 is 3.65. The number of nitrogens with one attached hydrogen (secondary N) is 2. The number of aryl methyl sites for hydroxylation is 1. The smallest absolute Gasteiger partial charge is 0.191 e. The minimum Gasteiger partial charge on any atom is -0.356 e. The molecule has 0 radical (unpaired) electrons. The van der Waals surface area contributed by atoms with Gasteiger partial charge in [-0.3, -0.25) is 4.99 Å². The normalized spacial score (nSPS) is 18.1. The van der Waals surface area contributed by atoms with Crippen molar-refractivity contribution in [2.75, 3.05) is 13.6 Å². The number of aromatic nitrogens is 3. The Labute approximate surface area is 198 Å². The van der Waals surface area contributed by atoms with Gasteiger partial charge in [0.05, 0.1) is 6.54 Å². The van der Waals surface area contributed by atoms with Gasteiger partial charge in [-0.1, -0.05) is 47.3 Å². The van der Waals surface area contributed by atoms with E-state index >= 15 is 0 Å². The number of guanidine groups is 1. The van der Waals surface area contributed by atoms with Crippen LogP contribution in [-0.4, -0.2) is 34.3 Å². The first kappa shape index (κ1) is 22.5. The van der Waals surface area contributed by atoms with Crippen LogP contribution in [0.1, 0.15) is 55.7 Å². The summed E-state index contributed by atoms with van der Waals surface area (Å²) in [5, 5.41) is 15.6. The maximum absolute atomic E-state index is 4.44. The molecule has 2 N–H and O–H groups in total. The van der Waals surface area contributed by atoms with Crippen LogP contribution in [0.2, 0.25) is 0 Å². The summed E-state index contributed by atoms with van der Waals surface area (Å²) in [6, 6.07) is 8.80. The summed E-state index contributed by atoms with van der Waals surface area (Å²) in [6.45, 7) is 2.56. The Kier molecular flexibility index (Phi) is 7.95. The summed E-state index contributed by atoms with van der Waals surface area (Å²) < 4.78 is 3.38. The molecule has 2 aliphatic rings. The Bertz CT molecular complexity index is 843. The molecule has 1 fully saturated rings. The molecule has 1 aliphatic carbocycles. The highest BCUT2D eigenvalue weighted by Gasteiger charge is 2.34. The number of benzene rings is 1. The van der Waals surface area contributed by atoms with Gasteiger partial charge in [0.25, 0.3) is 0 Å². The lowest BCUT2D eigenvalue weighted by Crippen LogP contribution is -2.46. The number of aliphatic imine (C=N–C) groups is 1. The summed E-state index contributed by atoms with van der Waals surface area (Å²) in [5.74, 6) is 2.93. The van der Waals surface area contributed by atoms with Gasteiger partial charge >= 0.3 is 0 Å². The molecule has 6 nitrogen and oxygen atoms in total. The molecular formula is C21H30BrIN6. The Morgan fingerprint density at radius 2 is 2.00 bits per heavy atom. The van der Waals surface area contributed by atoms with Gasteiger partial charge in [0.15, 0.2) is 11.8 Å². The van der Waals surface area contributed by atoms with Crippen LogP contribution in [0.5, 0.6) is 0 Å². The van der Waals surface area contributed by atoms with Gasteiger partial charge in [-0.2, -0.15) is 0 Å². The van der Waals surface area contributed by atoms with Crippen molar-refractivity contribution in [2.45, 2.75) is 63.5 Å². The number of nitrogens with zero attached hydrogens (tertiary/aromatic N) is 4. The molecule has 0 spiro atoms. The van der Waals surface area contributed by atoms with Crippen molar-refractivity contribution >= 4 is 45.9 Å². The largest absolute Gasteiger partial charge is 0.356 e. The fraction of sp³-hybridized carbons (Fsp3) is 0.571. The van der Waals surface area contributed by atoms with Crippen molar-refractivity contribution in [1.82, 2.24) is 25.4 Å². The number of halogens is 2. The second-order valence-corrected chi connectivity index (χ2v) is 8.83. The van der Waals surface area contributed by atoms with E-state index in [9.17, 15) is 0 Å². The van der Waals surface area contributed by atoms with Crippen molar-refractivity contribution in [3.63, 3.8) is 0 Å². The van der Waals surface area contributed by atoms with Gasteiger partial charge in [0.1, 0.15) is 5.82 Å². The number of rotatable bonds is 5. The van der Waals surface area contributed by atoms with Gasteiger partial charge in [-0.15, -0.1) is 34.2 Å². The minimum atomic E-state index is 0. The minimum absolute atomic E-state index is 0. The fourth-order valence-electron chi connectivity index (χ4n) is 4.59. The monoisotopic (exact) mass is 572 g/mol. The topological polar surface area (TPSA) is 67.1 Å². The molecule has 1 aromatic heterocycles. The summed E-state index contributed by atoms with van der Waals surface area (Å²) in [5.41, 5.74) is 1.58. The van der Waals surface area contributed by atoms with Crippen LogP contribution in [0.15, 0.2) is 33.7 Å². The number of hydrogen-bond acceptors (Lipinski definition) is 3. The quantitative estimate of drug-likeness (QED) is 0.320. The van der Waals surface area contributed by atoms with Crippen LogP contribution in [0, 0.1) is 0 Å². The van der Waals surface area contributed by atoms with Crippen LogP contribution >= 0.6 is 39.9 Å². The van der Waals surface area contributed by atoms with Gasteiger partial charge in [-0.05, 0) is 37.0 Å². The zero-order valence-electron chi connectivity index (χ0n) is 17.0. The SMILES string of the molecule is CN=C(NCc1nnc2n1CCC2)NCC1(c2cccc(Br)c2)CCCCC1.I. The average Bonchev–Trinajstić information content (AvgIpc) is 3.33. The molecule has 1 aromatic carbocycles. The molecule has 0 atom stereocenters. The highest BCUT2D eigenvalue weighted by Crippen LogP contribution is 2.39. The third kappa shape index (κ3) is 5.13. The predicted octanol–water partition coefficient (Wildman–Crippen LogP) is 4.17. The molecule has 4 rings (SSSR count). The fourth-order valence-corrected chi connectivity index (χ4v) is 4.99. The molecule has 0 bridgehead atoms. The lowest BCUT2D eigenvalue weighted by atomic mass is 9.69. The van der Waals surface area contributed by atoms with E-state index in [-0.39, 0.29) is 29.4 Å². The highest BCUT2D eigenvalue weighted by molar-refractivity contribution is 14.0. The second kappa shape index (κ2) is 10.2. The molecule has 2 aromatic rings. The van der Waals surface area contributed by atoms with Gasteiger partial charge in [0.2, 0.25) is 0 Å². The van der Waals surface area contributed by atoms with Crippen LogP contribution < -0.4 is 10.6 Å². The second-order valence-electron chi connectivity index (χ2n) is 7.92. The van der Waals surface area contributed by atoms with Crippen molar-refractivity contribution in [3.05, 3.63) is 46.0 Å². The molecule has 1 saturated carbocycles. The standard InChI is InChI=1S/C21H29BrN6.HI/c1-23-20(24-14-19-27-26-18-9-6-12-28(18)19)25-15-21(10-3-2-4-11-21)16-7-5-8-17(22)13-16;/h5,7-8,13H,2-4,6,9-12,14-15H2,1H3,(H2,23,24,25);1H. The lowest BCUT2D eigenvalue weighted by molar-refractivity contribution is 0.291. The van der Waals surface area contributed by atoms with E-state index in [4.69, 9.17) is 0 Å². The summed E-state index contributed by atoms with van der Waals surface area (Å²) in [6.07, 6.45) is 8.53. The molecule has 0 saturated heterocycles. The predicted molar refractivity (Wildman–Crippen MR) is 131 cm³/mol. The molecule has 158 valence electrons. The average molecular weight is 573 g/mol. The molecule has 0 amide bonds. The first-order valence-corrected chi connectivity index (χ1v) is 11.1. The lowest BCUT2D eigenvalue weighted by Gasteiger charge is -2.38. The van der Waals surface area contributed by atoms with Crippen molar-refractivity contribution in [3.8, 4) is 0 Å². The van der Waals surface area contributed by atoms with Crippen LogP contribution in [0.3, 0.4) is 0 Å². The molecule has 1 aliphatic heterocycles. The molecule has 8 heteroatoms. The Hall–Kier alpha value is -1.16. The van der Waals surface area contributed by atoms with E-state index in [0.717, 1.165) is 41.6 Å². The van der Waals surface area contributed by atoms with Crippen LogP contribution in [0.4, 0.5) is 0 Å². The third-order valence-electron chi connectivity index (χ3n) is 6.17. The van der Waals surface area contributed by atoms with Crippen LogP contribution in [-0.2, 0) is 24.9 Å². The van der Waals surface area contributed by atoms with E-state index in [1.165, 1.54) is 44.1 Å². The molecule has 29 heavy (non-hydrogen) atoms. The van der Waals surface area contributed by atoms with E-state index in [0.29, 0.717) is 6.54 Å². The zero-order valence-corrected chi connectivity index (χ0v) is 20.9. The molecule has 0 unspecified atom stereocenters. The van der Waals surface area contributed by atoms with E-state index in [2.05, 4.69) is 70.6 Å². The van der Waals surface area contributed by atoms with Gasteiger partial charge in [-0.25, -0.2) is 0 Å². The van der Waals surface area contributed by atoms with Crippen molar-refractivity contribution in [1.29, 1.82) is 0 Å². The Morgan fingerprint density at radius 1 is 1.17 bits per heavy atom. The van der Waals surface area contributed by atoms with E-state index in [1.807, 2.05) is 7.05 Å². The van der Waals surface area contributed by atoms with E-state index < -0.39 is 0 Å². The zero-order chi connectivity index (χ0) is 19.4. The first-order valence-electron chi connectivity index (χ1n) is 10.3. The highest BCUT2D eigenvalue weighted by atomic mass is 127. The maximum atomic E-state index is 4.44.